The van der Waals surface area contributed by atoms with Crippen molar-refractivity contribution in [2.45, 2.75) is 81.6 Å². The summed E-state index contributed by atoms with van der Waals surface area (Å²) in [7, 11) is 0. The molecule has 2 bridgehead atoms. The van der Waals surface area contributed by atoms with Gasteiger partial charge in [-0.1, -0.05) is 13.3 Å². The molecule has 4 aliphatic rings. The van der Waals surface area contributed by atoms with Crippen molar-refractivity contribution in [3.8, 4) is 0 Å². The van der Waals surface area contributed by atoms with Crippen LogP contribution in [0.2, 0.25) is 0 Å². The van der Waals surface area contributed by atoms with Gasteiger partial charge in [-0.05, 0) is 19.3 Å². The van der Waals surface area contributed by atoms with Crippen LogP contribution in [0.25, 0.3) is 0 Å². The van der Waals surface area contributed by atoms with Crippen molar-refractivity contribution in [2.75, 3.05) is 0 Å². The molecule has 0 aromatic heterocycles. The fraction of sp³-hybridized carbons (Fsp3) is 1.00. The minimum absolute atomic E-state index is 0.0282. The van der Waals surface area contributed by atoms with Crippen LogP contribution in [0.4, 0.5) is 0 Å². The van der Waals surface area contributed by atoms with E-state index in [2.05, 4.69) is 6.92 Å². The molecule has 16 heavy (non-hydrogen) atoms. The lowest BCUT2D eigenvalue weighted by Crippen LogP contribution is -2.50. The Balaban J connectivity index is 1.56. The largest absolute Gasteiger partial charge is 0.369 e. The Labute approximate surface area is 96.4 Å². The van der Waals surface area contributed by atoms with Crippen molar-refractivity contribution in [1.29, 1.82) is 0 Å². The molecule has 2 unspecified atom stereocenters. The van der Waals surface area contributed by atoms with E-state index >= 15 is 0 Å². The maximum absolute atomic E-state index is 6.40. The lowest BCUT2D eigenvalue weighted by molar-refractivity contribution is -0.171. The zero-order valence-corrected chi connectivity index (χ0v) is 9.85. The van der Waals surface area contributed by atoms with Crippen LogP contribution in [0, 0.1) is 0 Å². The maximum Gasteiger partial charge on any atom is 0.110 e. The third-order valence-electron chi connectivity index (χ3n) is 4.77. The zero-order chi connectivity index (χ0) is 10.8. The molecule has 4 rings (SSSR count). The first kappa shape index (κ1) is 9.86. The molecule has 3 heteroatoms. The smallest absolute Gasteiger partial charge is 0.110 e. The molecule has 6 atom stereocenters. The number of epoxide rings is 1. The van der Waals surface area contributed by atoms with E-state index in [1.807, 2.05) is 0 Å². The quantitative estimate of drug-likeness (QED) is 0.672. The number of rotatable bonds is 2. The highest BCUT2D eigenvalue weighted by Gasteiger charge is 2.66. The Morgan fingerprint density at radius 3 is 2.75 bits per heavy atom. The van der Waals surface area contributed by atoms with Gasteiger partial charge in [0.1, 0.15) is 6.10 Å². The van der Waals surface area contributed by atoms with Crippen LogP contribution >= 0.6 is 0 Å². The summed E-state index contributed by atoms with van der Waals surface area (Å²) >= 11 is 0. The molecule has 1 saturated carbocycles. The van der Waals surface area contributed by atoms with Crippen LogP contribution < -0.4 is 0 Å². The Hall–Kier alpha value is -0.120. The summed E-state index contributed by atoms with van der Waals surface area (Å²) in [5, 5.41) is 0. The third kappa shape index (κ3) is 1.25. The van der Waals surface area contributed by atoms with Crippen LogP contribution in [-0.4, -0.2) is 36.1 Å². The number of hydrogen-bond acceptors (Lipinski definition) is 3. The first-order valence-electron chi connectivity index (χ1n) is 6.79. The average Bonchev–Trinajstić information content (AvgIpc) is 2.94. The van der Waals surface area contributed by atoms with Crippen molar-refractivity contribution >= 4 is 0 Å². The van der Waals surface area contributed by atoms with E-state index in [1.165, 1.54) is 25.7 Å². The molecular weight excluding hydrogens is 204 g/mol. The fourth-order valence-electron chi connectivity index (χ4n) is 4.01. The van der Waals surface area contributed by atoms with Gasteiger partial charge in [0, 0.05) is 12.8 Å². The molecular formula is C13H20O3. The first-order chi connectivity index (χ1) is 7.81. The van der Waals surface area contributed by atoms with Crippen LogP contribution in [0.1, 0.15) is 45.4 Å². The van der Waals surface area contributed by atoms with E-state index in [0.29, 0.717) is 30.5 Å². The second kappa shape index (κ2) is 3.21. The average molecular weight is 224 g/mol. The molecule has 0 amide bonds. The summed E-state index contributed by atoms with van der Waals surface area (Å²) in [5.41, 5.74) is 0.0282. The summed E-state index contributed by atoms with van der Waals surface area (Å²) in [6, 6.07) is 0. The van der Waals surface area contributed by atoms with E-state index in [0.717, 1.165) is 12.8 Å². The molecule has 3 saturated heterocycles. The summed E-state index contributed by atoms with van der Waals surface area (Å²) in [4.78, 5) is 0. The Bertz CT molecular complexity index is 302. The van der Waals surface area contributed by atoms with Crippen LogP contribution in [0.5, 0.6) is 0 Å². The molecule has 0 aromatic carbocycles. The minimum Gasteiger partial charge on any atom is -0.369 e. The molecule has 4 fully saturated rings. The zero-order valence-electron chi connectivity index (χ0n) is 9.85. The predicted molar refractivity (Wildman–Crippen MR) is 58.3 cm³/mol. The molecule has 0 N–H and O–H groups in total. The van der Waals surface area contributed by atoms with Crippen LogP contribution in [-0.2, 0) is 14.2 Å². The number of hydrogen-bond donors (Lipinski definition) is 0. The van der Waals surface area contributed by atoms with E-state index in [1.54, 1.807) is 0 Å². The predicted octanol–water partition coefficient (Wildman–Crippen LogP) is 2.03. The molecule has 1 aliphatic carbocycles. The highest BCUT2D eigenvalue weighted by molar-refractivity contribution is 5.14. The van der Waals surface area contributed by atoms with Gasteiger partial charge in [-0.25, -0.2) is 0 Å². The van der Waals surface area contributed by atoms with Crippen molar-refractivity contribution in [1.82, 2.24) is 0 Å². The van der Waals surface area contributed by atoms with Gasteiger partial charge in [-0.2, -0.15) is 0 Å². The molecule has 3 nitrogen and oxygen atoms in total. The lowest BCUT2D eigenvalue weighted by atomic mass is 9.78. The monoisotopic (exact) mass is 224 g/mol. The van der Waals surface area contributed by atoms with Gasteiger partial charge < -0.3 is 14.2 Å². The van der Waals surface area contributed by atoms with Gasteiger partial charge in [0.25, 0.3) is 0 Å². The molecule has 3 heterocycles. The van der Waals surface area contributed by atoms with E-state index in [-0.39, 0.29) is 5.60 Å². The van der Waals surface area contributed by atoms with Gasteiger partial charge >= 0.3 is 0 Å². The van der Waals surface area contributed by atoms with E-state index < -0.39 is 0 Å². The highest BCUT2D eigenvalue weighted by Crippen LogP contribution is 2.55. The third-order valence-corrected chi connectivity index (χ3v) is 4.77. The van der Waals surface area contributed by atoms with Gasteiger partial charge in [0.15, 0.2) is 0 Å². The minimum atomic E-state index is 0.0282. The Morgan fingerprint density at radius 1 is 1.12 bits per heavy atom. The van der Waals surface area contributed by atoms with E-state index in [9.17, 15) is 0 Å². The fourth-order valence-corrected chi connectivity index (χ4v) is 4.01. The molecule has 3 aliphatic heterocycles. The summed E-state index contributed by atoms with van der Waals surface area (Å²) < 4.78 is 18.2. The highest BCUT2D eigenvalue weighted by atomic mass is 16.6. The second-order valence-corrected chi connectivity index (χ2v) is 5.88. The molecule has 0 radical (unpaired) electrons. The van der Waals surface area contributed by atoms with Gasteiger partial charge in [0.05, 0.1) is 30.0 Å². The summed E-state index contributed by atoms with van der Waals surface area (Å²) in [5.74, 6) is 0. The normalized spacial score (nSPS) is 57.9. The van der Waals surface area contributed by atoms with Crippen molar-refractivity contribution < 1.29 is 14.2 Å². The standard InChI is InChI=1S/C13H20O3/c1-2-3-8-4-5-11-13(16-8)6-9(14-11)12-10(7-13)15-12/h8-12H,2-7H2,1H3/t8-,9+,10?,11-,12?,13+/m0/s1. The van der Waals surface area contributed by atoms with Gasteiger partial charge in [-0.15, -0.1) is 0 Å². The Morgan fingerprint density at radius 2 is 1.94 bits per heavy atom. The van der Waals surface area contributed by atoms with Crippen molar-refractivity contribution in [2.24, 2.45) is 0 Å². The summed E-state index contributed by atoms with van der Waals surface area (Å²) in [6.45, 7) is 2.24. The molecule has 1 spiro atoms. The number of ether oxygens (including phenoxy) is 3. The first-order valence-corrected chi connectivity index (χ1v) is 6.79. The van der Waals surface area contributed by atoms with Crippen molar-refractivity contribution in [3.05, 3.63) is 0 Å². The molecule has 0 aromatic rings. The SMILES string of the molecule is CCC[C@H]1CC[C@@H]2O[C@@H]3C[C@]2(CC2OC23)O1. The Kier molecular flexibility index (Phi) is 1.98. The summed E-state index contributed by atoms with van der Waals surface area (Å²) in [6.07, 6.45) is 8.99. The maximum atomic E-state index is 6.40. The van der Waals surface area contributed by atoms with Gasteiger partial charge in [0.2, 0.25) is 0 Å². The lowest BCUT2D eigenvalue weighted by Gasteiger charge is -2.42. The van der Waals surface area contributed by atoms with Crippen molar-refractivity contribution in [3.63, 3.8) is 0 Å². The van der Waals surface area contributed by atoms with E-state index in [4.69, 9.17) is 14.2 Å². The molecule has 90 valence electrons. The van der Waals surface area contributed by atoms with Crippen LogP contribution in [0.3, 0.4) is 0 Å². The second-order valence-electron chi connectivity index (χ2n) is 5.88. The van der Waals surface area contributed by atoms with Crippen LogP contribution in [0.15, 0.2) is 0 Å². The number of fused-ring (bicyclic) bond motifs is 3. The topological polar surface area (TPSA) is 31.0 Å². The van der Waals surface area contributed by atoms with Gasteiger partial charge in [-0.3, -0.25) is 0 Å².